The molecule has 26 heavy (non-hydrogen) atoms. The maximum absolute atomic E-state index is 6.05. The second kappa shape index (κ2) is 8.70. The number of hydrogen-bond donors (Lipinski definition) is 2. The number of aliphatic imine (C=N–C) groups is 1. The molecule has 0 aliphatic carbocycles. The van der Waals surface area contributed by atoms with E-state index in [-0.39, 0.29) is 0 Å². The molecule has 2 aromatic rings. The number of nitrogens with zero attached hydrogens (tertiary/aromatic N) is 3. The monoisotopic (exact) mass is 351 g/mol. The first-order valence-corrected chi connectivity index (χ1v) is 9.52. The van der Waals surface area contributed by atoms with E-state index in [1.165, 1.54) is 18.4 Å². The van der Waals surface area contributed by atoms with Crippen LogP contribution in [-0.2, 0) is 6.54 Å². The molecular formula is C21H29N5. The van der Waals surface area contributed by atoms with E-state index in [0.717, 1.165) is 36.6 Å². The summed E-state index contributed by atoms with van der Waals surface area (Å²) in [6, 6.07) is 12.5. The number of anilines is 2. The summed E-state index contributed by atoms with van der Waals surface area (Å²) in [5.41, 5.74) is 9.49. The van der Waals surface area contributed by atoms with Crippen molar-refractivity contribution in [3.05, 3.63) is 53.7 Å². The summed E-state index contributed by atoms with van der Waals surface area (Å²) >= 11 is 0. The van der Waals surface area contributed by atoms with Crippen LogP contribution in [-0.4, -0.2) is 24.0 Å². The van der Waals surface area contributed by atoms with Crippen molar-refractivity contribution in [1.29, 1.82) is 0 Å². The van der Waals surface area contributed by atoms with E-state index in [0.29, 0.717) is 18.4 Å². The van der Waals surface area contributed by atoms with Crippen molar-refractivity contribution in [1.82, 2.24) is 4.98 Å². The first-order valence-electron chi connectivity index (χ1n) is 9.52. The van der Waals surface area contributed by atoms with Crippen molar-refractivity contribution in [3.63, 3.8) is 0 Å². The van der Waals surface area contributed by atoms with Gasteiger partial charge in [-0.3, -0.25) is 0 Å². The highest BCUT2D eigenvalue weighted by Gasteiger charge is 2.13. The van der Waals surface area contributed by atoms with Crippen LogP contribution in [0, 0.1) is 0 Å². The highest BCUT2D eigenvalue weighted by atomic mass is 15.2. The van der Waals surface area contributed by atoms with Gasteiger partial charge in [-0.05, 0) is 60.6 Å². The summed E-state index contributed by atoms with van der Waals surface area (Å²) < 4.78 is 0. The van der Waals surface area contributed by atoms with E-state index in [9.17, 15) is 0 Å². The summed E-state index contributed by atoms with van der Waals surface area (Å²) in [4.78, 5) is 11.3. The van der Waals surface area contributed by atoms with Gasteiger partial charge < -0.3 is 16.0 Å². The molecule has 0 bridgehead atoms. The molecule has 1 unspecified atom stereocenters. The molecule has 138 valence electrons. The lowest BCUT2D eigenvalue weighted by molar-refractivity contribution is 0.734. The molecule has 1 atom stereocenters. The molecule has 2 heterocycles. The Balaban J connectivity index is 1.59. The number of nitrogens with two attached hydrogens (primary N) is 1. The van der Waals surface area contributed by atoms with Crippen LogP contribution in [0.5, 0.6) is 0 Å². The van der Waals surface area contributed by atoms with Crippen LogP contribution in [0.4, 0.5) is 11.5 Å². The minimum absolute atomic E-state index is 0.431. The van der Waals surface area contributed by atoms with E-state index in [1.807, 2.05) is 12.3 Å². The topological polar surface area (TPSA) is 66.5 Å². The zero-order valence-corrected chi connectivity index (χ0v) is 15.8. The molecule has 5 heteroatoms. The lowest BCUT2D eigenvalue weighted by Crippen LogP contribution is -2.22. The standard InChI is InChI=1S/C21H29N5/c1-3-16(2)18-6-8-19(9-7-18)25-21(22)24-15-17-10-11-23-20(14-17)26-12-4-5-13-26/h6-11,14,16H,3-5,12-13,15H2,1-2H3,(H3,22,24,25). The van der Waals surface area contributed by atoms with Gasteiger partial charge in [0.2, 0.25) is 0 Å². The van der Waals surface area contributed by atoms with Crippen molar-refractivity contribution < 1.29 is 0 Å². The molecule has 0 saturated carbocycles. The first-order chi connectivity index (χ1) is 12.7. The maximum atomic E-state index is 6.05. The Morgan fingerprint density at radius 3 is 2.65 bits per heavy atom. The number of pyridine rings is 1. The van der Waals surface area contributed by atoms with Crippen molar-refractivity contribution in [2.45, 2.75) is 45.6 Å². The van der Waals surface area contributed by atoms with Crippen molar-refractivity contribution >= 4 is 17.5 Å². The average molecular weight is 351 g/mol. The van der Waals surface area contributed by atoms with E-state index in [4.69, 9.17) is 5.73 Å². The van der Waals surface area contributed by atoms with E-state index < -0.39 is 0 Å². The summed E-state index contributed by atoms with van der Waals surface area (Å²) in [6.07, 6.45) is 5.49. The Morgan fingerprint density at radius 1 is 1.23 bits per heavy atom. The van der Waals surface area contributed by atoms with Crippen LogP contribution in [0.1, 0.15) is 50.2 Å². The maximum Gasteiger partial charge on any atom is 0.193 e. The Kier molecular flexibility index (Phi) is 6.10. The predicted octanol–water partition coefficient (Wildman–Crippen LogP) is 4.12. The van der Waals surface area contributed by atoms with Gasteiger partial charge in [0.1, 0.15) is 5.82 Å². The zero-order chi connectivity index (χ0) is 18.4. The van der Waals surface area contributed by atoms with Gasteiger partial charge >= 0.3 is 0 Å². The zero-order valence-electron chi connectivity index (χ0n) is 15.8. The number of hydrogen-bond acceptors (Lipinski definition) is 3. The highest BCUT2D eigenvalue weighted by molar-refractivity contribution is 5.92. The fraction of sp³-hybridized carbons (Fsp3) is 0.429. The van der Waals surface area contributed by atoms with Gasteiger partial charge in [-0.1, -0.05) is 26.0 Å². The summed E-state index contributed by atoms with van der Waals surface area (Å²) in [5, 5.41) is 3.17. The third-order valence-electron chi connectivity index (χ3n) is 5.04. The summed E-state index contributed by atoms with van der Waals surface area (Å²) in [6.45, 7) is 7.18. The van der Waals surface area contributed by atoms with Gasteiger partial charge in [-0.15, -0.1) is 0 Å². The third kappa shape index (κ3) is 4.75. The van der Waals surface area contributed by atoms with Gasteiger partial charge in [0.05, 0.1) is 6.54 Å². The van der Waals surface area contributed by atoms with Crippen LogP contribution in [0.3, 0.4) is 0 Å². The minimum Gasteiger partial charge on any atom is -0.370 e. The van der Waals surface area contributed by atoms with Crippen LogP contribution in [0.25, 0.3) is 0 Å². The predicted molar refractivity (Wildman–Crippen MR) is 110 cm³/mol. The molecule has 0 amide bonds. The Labute approximate surface area is 156 Å². The van der Waals surface area contributed by atoms with Crippen LogP contribution >= 0.6 is 0 Å². The minimum atomic E-state index is 0.431. The second-order valence-corrected chi connectivity index (χ2v) is 6.97. The fourth-order valence-electron chi connectivity index (χ4n) is 3.17. The summed E-state index contributed by atoms with van der Waals surface area (Å²) in [5.74, 6) is 2.05. The largest absolute Gasteiger partial charge is 0.370 e. The van der Waals surface area contributed by atoms with E-state index in [2.05, 4.69) is 64.4 Å². The van der Waals surface area contributed by atoms with Gasteiger partial charge in [0.15, 0.2) is 5.96 Å². The number of nitrogens with one attached hydrogen (secondary N) is 1. The van der Waals surface area contributed by atoms with Gasteiger partial charge in [0, 0.05) is 25.0 Å². The van der Waals surface area contributed by atoms with Crippen molar-refractivity contribution in [2.75, 3.05) is 23.3 Å². The quantitative estimate of drug-likeness (QED) is 0.607. The molecule has 3 N–H and O–H groups in total. The number of rotatable bonds is 6. The normalized spacial score (nSPS) is 15.9. The van der Waals surface area contributed by atoms with Crippen LogP contribution in [0.15, 0.2) is 47.6 Å². The smallest absolute Gasteiger partial charge is 0.193 e. The van der Waals surface area contributed by atoms with Gasteiger partial charge in [0.25, 0.3) is 0 Å². The molecular weight excluding hydrogens is 322 g/mol. The highest BCUT2D eigenvalue weighted by Crippen LogP contribution is 2.21. The Bertz CT molecular complexity index is 732. The molecule has 1 saturated heterocycles. The second-order valence-electron chi connectivity index (χ2n) is 6.97. The molecule has 1 aromatic heterocycles. The van der Waals surface area contributed by atoms with Crippen molar-refractivity contribution in [3.8, 4) is 0 Å². The Hall–Kier alpha value is -2.56. The number of aromatic nitrogens is 1. The molecule has 1 aliphatic rings. The molecule has 1 aromatic carbocycles. The van der Waals surface area contributed by atoms with Crippen LogP contribution < -0.4 is 16.0 Å². The Morgan fingerprint density at radius 2 is 1.96 bits per heavy atom. The molecule has 1 fully saturated rings. The molecule has 0 radical (unpaired) electrons. The first kappa shape index (κ1) is 18.2. The third-order valence-corrected chi connectivity index (χ3v) is 5.04. The van der Waals surface area contributed by atoms with E-state index >= 15 is 0 Å². The lowest BCUT2D eigenvalue weighted by Gasteiger charge is -2.16. The molecule has 3 rings (SSSR count). The van der Waals surface area contributed by atoms with Crippen LogP contribution in [0.2, 0.25) is 0 Å². The lowest BCUT2D eigenvalue weighted by atomic mass is 9.99. The van der Waals surface area contributed by atoms with E-state index in [1.54, 1.807) is 0 Å². The van der Waals surface area contributed by atoms with Crippen molar-refractivity contribution in [2.24, 2.45) is 10.7 Å². The summed E-state index contributed by atoms with van der Waals surface area (Å²) in [7, 11) is 0. The fourth-order valence-corrected chi connectivity index (χ4v) is 3.17. The molecule has 1 aliphatic heterocycles. The SMILES string of the molecule is CCC(C)c1ccc(NC(N)=NCc2ccnc(N3CCCC3)c2)cc1. The molecule has 5 nitrogen and oxygen atoms in total. The molecule has 0 spiro atoms. The number of guanidine groups is 1. The van der Waals surface area contributed by atoms with Gasteiger partial charge in [-0.25, -0.2) is 9.98 Å². The average Bonchev–Trinajstić information content (AvgIpc) is 3.21. The van der Waals surface area contributed by atoms with Gasteiger partial charge in [-0.2, -0.15) is 0 Å². The number of benzene rings is 1.